The van der Waals surface area contributed by atoms with Crippen molar-refractivity contribution in [1.82, 2.24) is 0 Å². The van der Waals surface area contributed by atoms with E-state index in [0.717, 1.165) is 11.1 Å². The summed E-state index contributed by atoms with van der Waals surface area (Å²) in [6, 6.07) is 23.7. The molecule has 3 N–H and O–H groups in total. The number of rotatable bonds is 9. The number of hydrogen-bond acceptors (Lipinski definition) is 6. The number of aryl methyl sites for hydroxylation is 2. The Labute approximate surface area is 234 Å². The smallest absolute Gasteiger partial charge is 0.262 e. The van der Waals surface area contributed by atoms with E-state index in [0.29, 0.717) is 12.8 Å². The van der Waals surface area contributed by atoms with Crippen LogP contribution in [0.3, 0.4) is 0 Å². The second-order valence-corrected chi connectivity index (χ2v) is 11.8. The molecule has 8 heteroatoms. The molecule has 0 saturated carbocycles. The molecule has 4 aromatic rings. The van der Waals surface area contributed by atoms with Gasteiger partial charge in [-0.05, 0) is 72.7 Å². The predicted octanol–water partition coefficient (Wildman–Crippen LogP) is 6.21. The van der Waals surface area contributed by atoms with Crippen molar-refractivity contribution in [2.45, 2.75) is 49.3 Å². The molecule has 7 nitrogen and oxygen atoms in total. The molecule has 0 atom stereocenters. The van der Waals surface area contributed by atoms with Crippen molar-refractivity contribution in [2.75, 3.05) is 11.4 Å². The maximum absolute atomic E-state index is 13.8. The van der Waals surface area contributed by atoms with Crippen molar-refractivity contribution in [3.05, 3.63) is 107 Å². The molecule has 0 bridgehead atoms. The molecule has 4 rings (SSSR count). The fourth-order valence-corrected chi connectivity index (χ4v) is 6.07. The molecule has 0 saturated heterocycles. The number of benzene rings is 4. The SMILES string of the molecule is CCN(C(=O)c1cc(CCc2ccccc2)c(O)c(O)c1O)c1ccccc1S(=O)(=O)c1ccc(C(C)C)cc1. The number of anilines is 1. The molecule has 0 aromatic heterocycles. The molecule has 4 aromatic carbocycles. The van der Waals surface area contributed by atoms with Crippen molar-refractivity contribution in [2.24, 2.45) is 0 Å². The number of aromatic hydroxyl groups is 3. The first-order valence-corrected chi connectivity index (χ1v) is 14.6. The van der Waals surface area contributed by atoms with Gasteiger partial charge in [-0.2, -0.15) is 0 Å². The number of sulfone groups is 1. The third-order valence-corrected chi connectivity index (χ3v) is 8.76. The van der Waals surface area contributed by atoms with E-state index in [2.05, 4.69) is 0 Å². The van der Waals surface area contributed by atoms with Gasteiger partial charge in [0.1, 0.15) is 0 Å². The number of carbonyl (C=O) groups excluding carboxylic acids is 1. The van der Waals surface area contributed by atoms with Crippen molar-refractivity contribution in [3.63, 3.8) is 0 Å². The van der Waals surface area contributed by atoms with E-state index in [1.807, 2.05) is 44.2 Å². The highest BCUT2D eigenvalue weighted by Crippen LogP contribution is 2.42. The molecule has 0 fully saturated rings. The van der Waals surface area contributed by atoms with Gasteiger partial charge >= 0.3 is 0 Å². The maximum atomic E-state index is 13.8. The minimum absolute atomic E-state index is 0.0608. The average Bonchev–Trinajstić information content (AvgIpc) is 2.96. The van der Waals surface area contributed by atoms with Crippen LogP contribution in [-0.4, -0.2) is 36.2 Å². The van der Waals surface area contributed by atoms with Gasteiger partial charge in [0.25, 0.3) is 5.91 Å². The average molecular weight is 560 g/mol. The molecule has 0 aliphatic heterocycles. The van der Waals surface area contributed by atoms with Crippen LogP contribution in [0, 0.1) is 0 Å². The van der Waals surface area contributed by atoms with Gasteiger partial charge in [0, 0.05) is 6.54 Å². The van der Waals surface area contributed by atoms with Gasteiger partial charge in [-0.25, -0.2) is 8.42 Å². The minimum atomic E-state index is -4.00. The molecular formula is C32H33NO6S. The summed E-state index contributed by atoms with van der Waals surface area (Å²) in [7, 11) is -4.00. The summed E-state index contributed by atoms with van der Waals surface area (Å²) in [6.45, 7) is 5.81. The zero-order valence-corrected chi connectivity index (χ0v) is 23.5. The van der Waals surface area contributed by atoms with E-state index < -0.39 is 33.0 Å². The molecule has 1 amide bonds. The van der Waals surface area contributed by atoms with Crippen LogP contribution in [0.4, 0.5) is 5.69 Å². The Balaban J connectivity index is 1.73. The van der Waals surface area contributed by atoms with Crippen molar-refractivity contribution >= 4 is 21.4 Å². The quantitative estimate of drug-likeness (QED) is 0.210. The number of nitrogens with zero attached hydrogens (tertiary/aromatic N) is 1. The maximum Gasteiger partial charge on any atom is 0.262 e. The Hall–Kier alpha value is -4.30. The lowest BCUT2D eigenvalue weighted by Crippen LogP contribution is -2.32. The molecule has 0 aliphatic carbocycles. The second-order valence-electron chi connectivity index (χ2n) is 9.86. The molecule has 0 radical (unpaired) electrons. The minimum Gasteiger partial charge on any atom is -0.504 e. The van der Waals surface area contributed by atoms with Gasteiger partial charge in [0.05, 0.1) is 21.0 Å². The number of phenols is 3. The van der Waals surface area contributed by atoms with E-state index in [9.17, 15) is 28.5 Å². The largest absolute Gasteiger partial charge is 0.504 e. The third-order valence-electron chi connectivity index (χ3n) is 6.95. The van der Waals surface area contributed by atoms with Gasteiger partial charge in [-0.3, -0.25) is 4.79 Å². The lowest BCUT2D eigenvalue weighted by molar-refractivity contribution is 0.0984. The van der Waals surface area contributed by atoms with Crippen LogP contribution in [0.1, 0.15) is 53.7 Å². The Morgan fingerprint density at radius 2 is 1.43 bits per heavy atom. The van der Waals surface area contributed by atoms with Gasteiger partial charge in [0.15, 0.2) is 11.5 Å². The predicted molar refractivity (Wildman–Crippen MR) is 155 cm³/mol. The first-order valence-electron chi connectivity index (χ1n) is 13.1. The van der Waals surface area contributed by atoms with Gasteiger partial charge in [0.2, 0.25) is 15.6 Å². The number of para-hydroxylation sites is 1. The fourth-order valence-electron chi connectivity index (χ4n) is 4.62. The summed E-state index contributed by atoms with van der Waals surface area (Å²) in [5.74, 6) is -2.54. The molecule has 0 unspecified atom stereocenters. The highest BCUT2D eigenvalue weighted by molar-refractivity contribution is 7.91. The molecule has 0 spiro atoms. The van der Waals surface area contributed by atoms with Crippen LogP contribution in [0.2, 0.25) is 0 Å². The molecule has 208 valence electrons. The van der Waals surface area contributed by atoms with Gasteiger partial charge in [-0.1, -0.05) is 68.4 Å². The summed E-state index contributed by atoms with van der Waals surface area (Å²) in [6.07, 6.45) is 0.827. The van der Waals surface area contributed by atoms with Crippen LogP contribution in [0.5, 0.6) is 17.2 Å². The third kappa shape index (κ3) is 5.67. The van der Waals surface area contributed by atoms with Crippen LogP contribution in [0.15, 0.2) is 94.7 Å². The Morgan fingerprint density at radius 3 is 2.05 bits per heavy atom. The number of carbonyl (C=O) groups is 1. The molecule has 0 heterocycles. The highest BCUT2D eigenvalue weighted by Gasteiger charge is 2.29. The van der Waals surface area contributed by atoms with E-state index >= 15 is 0 Å². The first kappa shape index (κ1) is 28.7. The summed E-state index contributed by atoms with van der Waals surface area (Å²) >= 11 is 0. The topological polar surface area (TPSA) is 115 Å². The normalized spacial score (nSPS) is 11.5. The van der Waals surface area contributed by atoms with Crippen LogP contribution < -0.4 is 4.90 Å². The molecule has 0 aliphatic rings. The second kappa shape index (κ2) is 11.8. The number of amides is 1. The zero-order chi connectivity index (χ0) is 29.0. The van der Waals surface area contributed by atoms with Gasteiger partial charge in [-0.15, -0.1) is 0 Å². The van der Waals surface area contributed by atoms with Crippen molar-refractivity contribution in [1.29, 1.82) is 0 Å². The number of hydrogen-bond donors (Lipinski definition) is 3. The highest BCUT2D eigenvalue weighted by atomic mass is 32.2. The van der Waals surface area contributed by atoms with Crippen LogP contribution in [0.25, 0.3) is 0 Å². The Bertz CT molecular complexity index is 1610. The summed E-state index contributed by atoms with van der Waals surface area (Å²) < 4.78 is 27.4. The summed E-state index contributed by atoms with van der Waals surface area (Å²) in [5, 5.41) is 31.6. The molecular weight excluding hydrogens is 526 g/mol. The van der Waals surface area contributed by atoms with E-state index in [4.69, 9.17) is 0 Å². The molecule has 40 heavy (non-hydrogen) atoms. The number of phenolic OH excluding ortho intramolecular Hbond substituents is 3. The van der Waals surface area contributed by atoms with Crippen LogP contribution >= 0.6 is 0 Å². The summed E-state index contributed by atoms with van der Waals surface area (Å²) in [5.41, 5.74) is 2.18. The summed E-state index contributed by atoms with van der Waals surface area (Å²) in [4.78, 5) is 15.1. The monoisotopic (exact) mass is 559 g/mol. The fraction of sp³-hybridized carbons (Fsp3) is 0.219. The van der Waals surface area contributed by atoms with Crippen molar-refractivity contribution < 1.29 is 28.5 Å². The lowest BCUT2D eigenvalue weighted by atomic mass is 9.99. The van der Waals surface area contributed by atoms with E-state index in [-0.39, 0.29) is 39.1 Å². The first-order chi connectivity index (χ1) is 19.1. The van der Waals surface area contributed by atoms with E-state index in [1.54, 1.807) is 43.3 Å². The van der Waals surface area contributed by atoms with Gasteiger partial charge < -0.3 is 20.2 Å². The Kier molecular flexibility index (Phi) is 8.49. The Morgan fingerprint density at radius 1 is 0.800 bits per heavy atom. The van der Waals surface area contributed by atoms with Crippen LogP contribution in [-0.2, 0) is 22.7 Å². The zero-order valence-electron chi connectivity index (χ0n) is 22.7. The van der Waals surface area contributed by atoms with E-state index in [1.165, 1.54) is 23.1 Å². The standard InChI is InChI=1S/C32H33NO6S/c1-4-33(27-12-8-9-13-28(27)40(38,39)25-18-16-23(17-19-25)21(2)3)32(37)26-20-24(29(34)31(36)30(26)35)15-14-22-10-6-5-7-11-22/h5-13,16-21,34-36H,4,14-15H2,1-3H3. The lowest BCUT2D eigenvalue weighted by Gasteiger charge is -2.25. The van der Waals surface area contributed by atoms with Crippen molar-refractivity contribution in [3.8, 4) is 17.2 Å².